The molecule has 14 nitrogen and oxygen atoms in total. The van der Waals surface area contributed by atoms with Crippen molar-refractivity contribution >= 4 is 25.6 Å². The fourth-order valence-electron chi connectivity index (χ4n) is 5.09. The molecule has 0 aliphatic carbocycles. The largest absolute Gasteiger partial charge is 0.488 e. The van der Waals surface area contributed by atoms with Crippen LogP contribution in [0.4, 0.5) is 4.39 Å². The van der Waals surface area contributed by atoms with E-state index >= 15 is 0 Å². The Kier molecular flexibility index (Phi) is 6.95. The number of morpholine rings is 1. The monoisotopic (exact) mass is 573 g/mol. The van der Waals surface area contributed by atoms with E-state index in [2.05, 4.69) is 4.90 Å². The van der Waals surface area contributed by atoms with Crippen molar-refractivity contribution in [3.05, 3.63) is 64.5 Å². The normalized spacial score (nSPS) is 25.1. The van der Waals surface area contributed by atoms with Crippen molar-refractivity contribution in [2.45, 2.75) is 36.1 Å². The lowest BCUT2D eigenvalue weighted by molar-refractivity contribution is -0.382. The number of ether oxygens (including phenoxy) is 2. The van der Waals surface area contributed by atoms with Crippen molar-refractivity contribution in [2.75, 3.05) is 26.3 Å². The first-order chi connectivity index (χ1) is 19.1. The molecule has 2 aromatic carbocycles. The highest BCUT2D eigenvalue weighted by Crippen LogP contribution is 2.48. The van der Waals surface area contributed by atoms with E-state index in [9.17, 15) is 49.4 Å². The number of carbonyl (C=O) groups excluding carboxylic acids is 3. The number of hydrogen-bond acceptors (Lipinski definition) is 12. The van der Waals surface area contributed by atoms with Gasteiger partial charge in [0.15, 0.2) is 0 Å². The lowest BCUT2D eigenvalue weighted by Gasteiger charge is -2.54. The van der Waals surface area contributed by atoms with E-state index in [1.807, 2.05) is 0 Å². The zero-order chi connectivity index (χ0) is 30.0. The number of benzene rings is 2. The number of imide groups is 1. The number of piperidine rings is 1. The topological polar surface area (TPSA) is 210 Å². The summed E-state index contributed by atoms with van der Waals surface area (Å²) in [6.07, 6.45) is 0. The number of nitrogens with zero attached hydrogens (tertiary/aromatic N) is 2. The SMILES string of the molecule is [B]C1(N2C(=O)c3cccc(OCc4cc(CN5CCOCC5)ccc4F)c3C2(O)O)C(=O)NC(=O)C(O)(O)C1(O)O. The van der Waals surface area contributed by atoms with Crippen LogP contribution in [0, 0.1) is 5.82 Å². The number of halogens is 1. The number of aliphatic hydroxyl groups is 6. The van der Waals surface area contributed by atoms with Gasteiger partial charge in [-0.15, -0.1) is 0 Å². The Morgan fingerprint density at radius 2 is 1.68 bits per heavy atom. The third-order valence-electron chi connectivity index (χ3n) is 7.37. The first-order valence-corrected chi connectivity index (χ1v) is 12.3. The molecular formula is C25H25BFN3O11. The summed E-state index contributed by atoms with van der Waals surface area (Å²) in [5.41, 5.74) is -4.15. The molecule has 3 amide bonds. The van der Waals surface area contributed by atoms with Crippen LogP contribution in [0.15, 0.2) is 36.4 Å². The summed E-state index contributed by atoms with van der Waals surface area (Å²) in [4.78, 5) is 39.6. The van der Waals surface area contributed by atoms with Gasteiger partial charge < -0.3 is 40.1 Å². The standard InChI is InChI=1S/C25H25BFN3O11/c26-22(20(32)28-21(33)23(34,35)25(22,38)39)30-19(31)15-2-1-3-17(18(15)24(30,36)37)41-12-14-10-13(4-5-16(14)27)11-29-6-8-40-9-7-29/h1-5,10,34-39H,6-9,11-12H2,(H,28,32,33). The number of amides is 3. The fourth-order valence-corrected chi connectivity index (χ4v) is 5.09. The Bertz CT molecular complexity index is 1430. The highest BCUT2D eigenvalue weighted by molar-refractivity contribution is 6.34. The summed E-state index contributed by atoms with van der Waals surface area (Å²) >= 11 is 0. The Labute approximate surface area is 232 Å². The lowest BCUT2D eigenvalue weighted by Crippen LogP contribution is -2.87. The van der Waals surface area contributed by atoms with Crippen LogP contribution >= 0.6 is 0 Å². The van der Waals surface area contributed by atoms with Gasteiger partial charge >= 0.3 is 5.79 Å². The van der Waals surface area contributed by atoms with Crippen molar-refractivity contribution in [2.24, 2.45) is 0 Å². The molecule has 0 bridgehead atoms. The van der Waals surface area contributed by atoms with E-state index in [0.717, 1.165) is 11.6 Å². The molecule has 3 aliphatic heterocycles. The maximum atomic E-state index is 14.7. The van der Waals surface area contributed by atoms with Gasteiger partial charge in [-0.2, -0.15) is 0 Å². The molecule has 1 atom stereocenters. The van der Waals surface area contributed by atoms with Crippen LogP contribution in [0.2, 0.25) is 0 Å². The number of nitrogens with one attached hydrogen (secondary N) is 1. The third kappa shape index (κ3) is 4.31. The van der Waals surface area contributed by atoms with Crippen LogP contribution in [0.25, 0.3) is 0 Å². The van der Waals surface area contributed by atoms with Gasteiger partial charge in [0.2, 0.25) is 5.91 Å². The molecule has 0 saturated carbocycles. The lowest BCUT2D eigenvalue weighted by atomic mass is 9.63. The van der Waals surface area contributed by atoms with Crippen LogP contribution < -0.4 is 10.1 Å². The predicted molar refractivity (Wildman–Crippen MR) is 132 cm³/mol. The minimum atomic E-state index is -4.35. The highest BCUT2D eigenvalue weighted by Gasteiger charge is 2.76. The Hall–Kier alpha value is -3.48. The second-order valence-corrected chi connectivity index (χ2v) is 9.95. The molecule has 2 aromatic rings. The van der Waals surface area contributed by atoms with Crippen molar-refractivity contribution in [3.63, 3.8) is 0 Å². The zero-order valence-electron chi connectivity index (χ0n) is 21.3. The summed E-state index contributed by atoms with van der Waals surface area (Å²) in [7, 11) is 5.80. The van der Waals surface area contributed by atoms with Crippen LogP contribution in [-0.4, -0.2) is 109 Å². The number of fused-ring (bicyclic) bond motifs is 1. The zero-order valence-corrected chi connectivity index (χ0v) is 21.3. The van der Waals surface area contributed by atoms with Gasteiger partial charge in [-0.25, -0.2) is 4.39 Å². The smallest absolute Gasteiger partial charge is 0.303 e. The van der Waals surface area contributed by atoms with Crippen molar-refractivity contribution in [1.82, 2.24) is 15.1 Å². The van der Waals surface area contributed by atoms with Gasteiger partial charge in [0.1, 0.15) is 31.5 Å². The Balaban J connectivity index is 1.46. The number of hydrogen-bond donors (Lipinski definition) is 7. The van der Waals surface area contributed by atoms with Gasteiger partial charge in [0.05, 0.1) is 24.3 Å². The molecule has 2 saturated heterocycles. The highest BCUT2D eigenvalue weighted by atomic mass is 19.1. The summed E-state index contributed by atoms with van der Waals surface area (Å²) in [6, 6.07) is 7.91. The van der Waals surface area contributed by atoms with Gasteiger partial charge in [-0.1, -0.05) is 12.1 Å². The predicted octanol–water partition coefficient (Wildman–Crippen LogP) is -3.33. The summed E-state index contributed by atoms with van der Waals surface area (Å²) in [5.74, 6) is -18.5. The van der Waals surface area contributed by atoms with Crippen LogP contribution in [0.1, 0.15) is 27.0 Å². The second-order valence-electron chi connectivity index (χ2n) is 9.95. The van der Waals surface area contributed by atoms with E-state index in [1.54, 1.807) is 12.1 Å². The van der Waals surface area contributed by atoms with E-state index in [0.29, 0.717) is 32.8 Å². The number of carbonyl (C=O) groups is 3. The van der Waals surface area contributed by atoms with E-state index < -0.39 is 69.9 Å². The molecule has 3 heterocycles. The summed E-state index contributed by atoms with van der Waals surface area (Å²) < 4.78 is 25.6. The third-order valence-corrected chi connectivity index (χ3v) is 7.37. The van der Waals surface area contributed by atoms with Crippen LogP contribution in [0.5, 0.6) is 5.75 Å². The molecule has 216 valence electrons. The maximum absolute atomic E-state index is 14.7. The van der Waals surface area contributed by atoms with Gasteiger partial charge in [0.25, 0.3) is 23.5 Å². The maximum Gasteiger partial charge on any atom is 0.303 e. The van der Waals surface area contributed by atoms with Crippen molar-refractivity contribution in [1.29, 1.82) is 0 Å². The molecule has 16 heteroatoms. The molecule has 3 aliphatic rings. The van der Waals surface area contributed by atoms with E-state index in [4.69, 9.17) is 17.3 Å². The van der Waals surface area contributed by atoms with E-state index in [1.165, 1.54) is 23.5 Å². The average Bonchev–Trinajstić information content (AvgIpc) is 3.13. The first kappa shape index (κ1) is 29.0. The molecule has 7 N–H and O–H groups in total. The first-order valence-electron chi connectivity index (χ1n) is 12.3. The molecule has 1 unspecified atom stereocenters. The quantitative estimate of drug-likeness (QED) is 0.103. The number of rotatable bonds is 6. The molecule has 0 spiro atoms. The minimum Gasteiger partial charge on any atom is -0.488 e. The van der Waals surface area contributed by atoms with Crippen molar-refractivity contribution < 1.29 is 58.9 Å². The molecule has 5 rings (SSSR count). The summed E-state index contributed by atoms with van der Waals surface area (Å²) in [6.45, 7) is 2.61. The van der Waals surface area contributed by atoms with Crippen LogP contribution in [-0.2, 0) is 33.4 Å². The van der Waals surface area contributed by atoms with Gasteiger partial charge in [-0.05, 0) is 29.8 Å². The second kappa shape index (κ2) is 9.82. The molecular weight excluding hydrogens is 548 g/mol. The van der Waals surface area contributed by atoms with Gasteiger partial charge in [-0.3, -0.25) is 29.5 Å². The fraction of sp³-hybridized carbons (Fsp3) is 0.400. The van der Waals surface area contributed by atoms with E-state index in [-0.39, 0.29) is 10.5 Å². The Morgan fingerprint density at radius 1 is 1.00 bits per heavy atom. The Morgan fingerprint density at radius 3 is 2.37 bits per heavy atom. The van der Waals surface area contributed by atoms with Crippen LogP contribution in [0.3, 0.4) is 0 Å². The molecule has 2 radical (unpaired) electrons. The molecule has 2 fully saturated rings. The average molecular weight is 573 g/mol. The molecule has 0 aromatic heterocycles. The van der Waals surface area contributed by atoms with Crippen molar-refractivity contribution in [3.8, 4) is 5.75 Å². The minimum absolute atomic E-state index is 0.0894. The molecule has 41 heavy (non-hydrogen) atoms. The van der Waals surface area contributed by atoms with Gasteiger partial charge in [0, 0.05) is 25.2 Å². The summed E-state index contributed by atoms with van der Waals surface area (Å²) in [5, 5.41) is 64.6.